The van der Waals surface area contributed by atoms with Gasteiger partial charge in [0.1, 0.15) is 0 Å². The van der Waals surface area contributed by atoms with Crippen molar-refractivity contribution in [3.8, 4) is 11.5 Å². The number of hydrogen-bond acceptors (Lipinski definition) is 4. The summed E-state index contributed by atoms with van der Waals surface area (Å²) in [6.07, 6.45) is 2.85. The van der Waals surface area contributed by atoms with E-state index < -0.39 is 0 Å². The molecule has 0 aliphatic carbocycles. The van der Waals surface area contributed by atoms with Gasteiger partial charge in [-0.05, 0) is 53.0 Å². The van der Waals surface area contributed by atoms with Crippen LogP contribution in [0.1, 0.15) is 30.9 Å². The number of methoxy groups -OCH3 is 1. The zero-order valence-corrected chi connectivity index (χ0v) is 12.8. The largest absolute Gasteiger partial charge is 0.503 e. The molecule has 1 aromatic carbocycles. The molecular weight excluding hydrogens is 320 g/mol. The van der Waals surface area contributed by atoms with Gasteiger partial charge < -0.3 is 21.3 Å². The molecule has 1 aromatic rings. The molecular formula is C12H20BrClN2O2. The molecule has 104 valence electrons. The second-order valence-corrected chi connectivity index (χ2v) is 4.80. The minimum absolute atomic E-state index is 0. The van der Waals surface area contributed by atoms with Crippen LogP contribution >= 0.6 is 28.3 Å². The molecule has 5 N–H and O–H groups in total. The number of benzene rings is 1. The number of ether oxygens (including phenoxy) is 1. The zero-order valence-electron chi connectivity index (χ0n) is 10.4. The summed E-state index contributed by atoms with van der Waals surface area (Å²) in [6, 6.07) is 3.53. The lowest BCUT2D eigenvalue weighted by Crippen LogP contribution is -2.11. The quantitative estimate of drug-likeness (QED) is 0.696. The van der Waals surface area contributed by atoms with Crippen molar-refractivity contribution in [1.29, 1.82) is 0 Å². The molecule has 0 aromatic heterocycles. The van der Waals surface area contributed by atoms with E-state index in [2.05, 4.69) is 15.9 Å². The van der Waals surface area contributed by atoms with Crippen LogP contribution in [0.4, 0.5) is 0 Å². The van der Waals surface area contributed by atoms with Gasteiger partial charge in [-0.25, -0.2) is 0 Å². The summed E-state index contributed by atoms with van der Waals surface area (Å²) in [4.78, 5) is 0. The fourth-order valence-electron chi connectivity index (χ4n) is 1.64. The van der Waals surface area contributed by atoms with Crippen LogP contribution in [0.5, 0.6) is 11.5 Å². The average Bonchev–Trinajstić information content (AvgIpc) is 2.32. The van der Waals surface area contributed by atoms with Gasteiger partial charge in [-0.3, -0.25) is 0 Å². The summed E-state index contributed by atoms with van der Waals surface area (Å²) >= 11 is 3.28. The van der Waals surface area contributed by atoms with Crippen molar-refractivity contribution in [2.45, 2.75) is 25.3 Å². The minimum atomic E-state index is -0.0626. The van der Waals surface area contributed by atoms with E-state index in [0.29, 0.717) is 16.8 Å². The first-order valence-corrected chi connectivity index (χ1v) is 6.41. The Morgan fingerprint density at radius 2 is 2.06 bits per heavy atom. The molecule has 0 amide bonds. The minimum Gasteiger partial charge on any atom is -0.503 e. The van der Waals surface area contributed by atoms with Gasteiger partial charge in [-0.15, -0.1) is 12.4 Å². The average molecular weight is 340 g/mol. The second-order valence-electron chi connectivity index (χ2n) is 3.94. The Kier molecular flexibility index (Phi) is 8.35. The Morgan fingerprint density at radius 1 is 1.39 bits per heavy atom. The number of nitrogens with two attached hydrogens (primary N) is 2. The third-order valence-corrected chi connectivity index (χ3v) is 3.27. The van der Waals surface area contributed by atoms with E-state index in [1.165, 1.54) is 7.11 Å². The maximum atomic E-state index is 9.69. The van der Waals surface area contributed by atoms with Crippen molar-refractivity contribution < 1.29 is 9.84 Å². The lowest BCUT2D eigenvalue weighted by atomic mass is 10.0. The molecule has 0 fully saturated rings. The molecule has 0 spiro atoms. The second kappa shape index (κ2) is 8.58. The van der Waals surface area contributed by atoms with Crippen LogP contribution in [0.25, 0.3) is 0 Å². The Labute approximate surface area is 122 Å². The van der Waals surface area contributed by atoms with Crippen LogP contribution in [0.2, 0.25) is 0 Å². The van der Waals surface area contributed by atoms with Crippen molar-refractivity contribution in [2.24, 2.45) is 11.5 Å². The van der Waals surface area contributed by atoms with Gasteiger partial charge in [-0.1, -0.05) is 6.42 Å². The lowest BCUT2D eigenvalue weighted by Gasteiger charge is -2.14. The van der Waals surface area contributed by atoms with E-state index in [4.69, 9.17) is 16.2 Å². The molecule has 0 aliphatic rings. The normalized spacial score (nSPS) is 11.8. The first-order chi connectivity index (χ1) is 8.10. The van der Waals surface area contributed by atoms with Gasteiger partial charge in [-0.2, -0.15) is 0 Å². The number of unbranched alkanes of at least 4 members (excludes halogenated alkanes) is 1. The van der Waals surface area contributed by atoms with E-state index >= 15 is 0 Å². The van der Waals surface area contributed by atoms with Gasteiger partial charge in [0, 0.05) is 6.04 Å². The molecule has 0 saturated heterocycles. The smallest absolute Gasteiger partial charge is 0.172 e. The number of aromatic hydroxyl groups is 1. The Bertz CT molecular complexity index is 377. The molecule has 0 unspecified atom stereocenters. The predicted molar refractivity (Wildman–Crippen MR) is 79.4 cm³/mol. The molecule has 1 rings (SSSR count). The summed E-state index contributed by atoms with van der Waals surface area (Å²) < 4.78 is 5.68. The van der Waals surface area contributed by atoms with Crippen LogP contribution in [0.3, 0.4) is 0 Å². The number of rotatable bonds is 6. The van der Waals surface area contributed by atoms with Gasteiger partial charge in [0.15, 0.2) is 11.5 Å². The first kappa shape index (κ1) is 17.5. The van der Waals surface area contributed by atoms with Crippen LogP contribution in [-0.4, -0.2) is 18.8 Å². The topological polar surface area (TPSA) is 81.5 Å². The molecule has 0 heterocycles. The van der Waals surface area contributed by atoms with E-state index in [0.717, 1.165) is 24.8 Å². The summed E-state index contributed by atoms with van der Waals surface area (Å²) in [7, 11) is 1.52. The molecule has 0 aliphatic heterocycles. The van der Waals surface area contributed by atoms with E-state index in [-0.39, 0.29) is 24.2 Å². The van der Waals surface area contributed by atoms with Crippen molar-refractivity contribution in [3.05, 3.63) is 22.2 Å². The van der Waals surface area contributed by atoms with E-state index in [1.54, 1.807) is 6.07 Å². The van der Waals surface area contributed by atoms with Crippen LogP contribution in [-0.2, 0) is 0 Å². The Morgan fingerprint density at radius 3 is 2.61 bits per heavy atom. The fraction of sp³-hybridized carbons (Fsp3) is 0.500. The molecule has 6 heteroatoms. The summed E-state index contributed by atoms with van der Waals surface area (Å²) in [5.74, 6) is 0.536. The maximum Gasteiger partial charge on any atom is 0.172 e. The molecule has 4 nitrogen and oxygen atoms in total. The predicted octanol–water partition coefficient (Wildman–Crippen LogP) is 2.71. The van der Waals surface area contributed by atoms with Crippen molar-refractivity contribution in [3.63, 3.8) is 0 Å². The first-order valence-electron chi connectivity index (χ1n) is 5.62. The highest BCUT2D eigenvalue weighted by Crippen LogP contribution is 2.37. The standard InChI is InChI=1S/C12H19BrN2O2.ClH/c1-17-11-7-8(6-9(13)12(11)16)10(15)4-2-3-5-14;/h6-7,10,16H,2-5,14-15H2,1H3;1H/t10-;/m0./s1. The highest BCUT2D eigenvalue weighted by atomic mass is 79.9. The molecule has 0 radical (unpaired) electrons. The lowest BCUT2D eigenvalue weighted by molar-refractivity contribution is 0.370. The van der Waals surface area contributed by atoms with Crippen molar-refractivity contribution >= 4 is 28.3 Å². The molecule has 1 atom stereocenters. The molecule has 0 bridgehead atoms. The Balaban J connectivity index is 0.00000289. The van der Waals surface area contributed by atoms with Crippen LogP contribution < -0.4 is 16.2 Å². The van der Waals surface area contributed by atoms with Gasteiger partial charge in [0.25, 0.3) is 0 Å². The van der Waals surface area contributed by atoms with E-state index in [1.807, 2.05) is 6.07 Å². The van der Waals surface area contributed by atoms with Crippen LogP contribution in [0, 0.1) is 0 Å². The van der Waals surface area contributed by atoms with Gasteiger partial charge in [0.2, 0.25) is 0 Å². The van der Waals surface area contributed by atoms with E-state index in [9.17, 15) is 5.11 Å². The van der Waals surface area contributed by atoms with Crippen molar-refractivity contribution in [1.82, 2.24) is 0 Å². The third kappa shape index (κ3) is 4.65. The molecule has 18 heavy (non-hydrogen) atoms. The number of phenolic OH excluding ortho intramolecular Hbond substituents is 1. The number of halogens is 2. The molecule has 0 saturated carbocycles. The summed E-state index contributed by atoms with van der Waals surface area (Å²) in [6.45, 7) is 0.690. The monoisotopic (exact) mass is 338 g/mol. The highest BCUT2D eigenvalue weighted by molar-refractivity contribution is 9.10. The SMILES string of the molecule is COc1cc([C@@H](N)CCCCN)cc(Br)c1O.Cl. The van der Waals surface area contributed by atoms with Crippen LogP contribution in [0.15, 0.2) is 16.6 Å². The number of hydrogen-bond donors (Lipinski definition) is 3. The highest BCUT2D eigenvalue weighted by Gasteiger charge is 2.13. The van der Waals surface area contributed by atoms with Gasteiger partial charge in [0.05, 0.1) is 11.6 Å². The Hall–Kier alpha value is -0.490. The summed E-state index contributed by atoms with van der Waals surface area (Å²) in [5.41, 5.74) is 12.5. The zero-order chi connectivity index (χ0) is 12.8. The fourth-order valence-corrected chi connectivity index (χ4v) is 2.10. The maximum absolute atomic E-state index is 9.69. The summed E-state index contributed by atoms with van der Waals surface area (Å²) in [5, 5.41) is 9.69. The number of phenols is 1. The third-order valence-electron chi connectivity index (χ3n) is 2.67. The van der Waals surface area contributed by atoms with Crippen molar-refractivity contribution in [2.75, 3.05) is 13.7 Å². The van der Waals surface area contributed by atoms with Gasteiger partial charge >= 0.3 is 0 Å².